The van der Waals surface area contributed by atoms with E-state index >= 15 is 0 Å². The SMILES string of the molecule is O=C=O.c1cc2cc(OC3CCCCC3)ccc2[nH]1. The van der Waals surface area contributed by atoms with Crippen LogP contribution in [0.3, 0.4) is 0 Å². The number of nitrogens with one attached hydrogen (secondary N) is 1. The molecule has 0 bridgehead atoms. The van der Waals surface area contributed by atoms with Gasteiger partial charge in [-0.3, -0.25) is 0 Å². The van der Waals surface area contributed by atoms with Gasteiger partial charge in [0.25, 0.3) is 0 Å². The minimum atomic E-state index is 0.250. The number of aromatic amines is 1. The summed E-state index contributed by atoms with van der Waals surface area (Å²) in [6.45, 7) is 0. The van der Waals surface area contributed by atoms with Crippen molar-refractivity contribution < 1.29 is 14.3 Å². The van der Waals surface area contributed by atoms with Gasteiger partial charge in [0.15, 0.2) is 0 Å². The van der Waals surface area contributed by atoms with E-state index in [0.717, 1.165) is 5.75 Å². The molecule has 0 aliphatic heterocycles. The molecule has 0 saturated heterocycles. The normalized spacial score (nSPS) is 15.4. The van der Waals surface area contributed by atoms with Crippen LogP contribution in [0, 0.1) is 0 Å². The van der Waals surface area contributed by atoms with Gasteiger partial charge in [-0.2, -0.15) is 9.59 Å². The summed E-state index contributed by atoms with van der Waals surface area (Å²) in [7, 11) is 0. The Kier molecular flexibility index (Phi) is 4.76. The van der Waals surface area contributed by atoms with Gasteiger partial charge in [-0.05, 0) is 49.9 Å². The van der Waals surface area contributed by atoms with Crippen molar-refractivity contribution in [2.45, 2.75) is 38.2 Å². The molecule has 1 saturated carbocycles. The fraction of sp³-hybridized carbons (Fsp3) is 0.400. The van der Waals surface area contributed by atoms with E-state index in [2.05, 4.69) is 29.2 Å². The third kappa shape index (κ3) is 3.70. The van der Waals surface area contributed by atoms with Crippen LogP contribution in [0.25, 0.3) is 10.9 Å². The number of carbonyl (C=O) groups excluding carboxylic acids is 2. The molecule has 19 heavy (non-hydrogen) atoms. The van der Waals surface area contributed by atoms with Crippen molar-refractivity contribution in [1.82, 2.24) is 4.98 Å². The Hall–Kier alpha value is -2.06. The van der Waals surface area contributed by atoms with Crippen molar-refractivity contribution in [3.63, 3.8) is 0 Å². The summed E-state index contributed by atoms with van der Waals surface area (Å²) >= 11 is 0. The molecule has 100 valence electrons. The smallest absolute Gasteiger partial charge is 0.373 e. The summed E-state index contributed by atoms with van der Waals surface area (Å²) in [5.41, 5.74) is 1.18. The van der Waals surface area contributed by atoms with Crippen molar-refractivity contribution in [3.8, 4) is 5.75 Å². The molecule has 0 unspecified atom stereocenters. The van der Waals surface area contributed by atoms with E-state index in [0.29, 0.717) is 6.10 Å². The first-order valence-electron chi connectivity index (χ1n) is 6.56. The highest BCUT2D eigenvalue weighted by Crippen LogP contribution is 2.25. The number of hydrogen-bond donors (Lipinski definition) is 1. The monoisotopic (exact) mass is 259 g/mol. The summed E-state index contributed by atoms with van der Waals surface area (Å²) < 4.78 is 6.02. The van der Waals surface area contributed by atoms with Crippen LogP contribution in [0.4, 0.5) is 0 Å². The Morgan fingerprint density at radius 2 is 1.84 bits per heavy atom. The van der Waals surface area contributed by atoms with E-state index < -0.39 is 0 Å². The highest BCUT2D eigenvalue weighted by atomic mass is 16.5. The molecule has 1 aromatic heterocycles. The van der Waals surface area contributed by atoms with Gasteiger partial charge in [-0.25, -0.2) is 0 Å². The molecule has 0 amide bonds. The average Bonchev–Trinajstić information content (AvgIpc) is 2.88. The molecule has 1 heterocycles. The van der Waals surface area contributed by atoms with E-state index in [1.807, 2.05) is 6.20 Å². The second-order valence-corrected chi connectivity index (χ2v) is 4.69. The second kappa shape index (κ2) is 6.76. The Bertz CT molecular complexity index is 549. The maximum Gasteiger partial charge on any atom is 0.373 e. The Morgan fingerprint density at radius 3 is 2.58 bits per heavy atom. The number of aromatic nitrogens is 1. The van der Waals surface area contributed by atoms with Gasteiger partial charge in [0, 0.05) is 17.1 Å². The van der Waals surface area contributed by atoms with E-state index in [1.165, 1.54) is 43.0 Å². The molecule has 0 atom stereocenters. The molecule has 0 radical (unpaired) electrons. The highest BCUT2D eigenvalue weighted by molar-refractivity contribution is 5.80. The molecule has 4 heteroatoms. The largest absolute Gasteiger partial charge is 0.490 e. The van der Waals surface area contributed by atoms with Crippen LogP contribution in [-0.4, -0.2) is 17.2 Å². The molecule has 3 rings (SSSR count). The number of H-pyrrole nitrogens is 1. The van der Waals surface area contributed by atoms with E-state index in [-0.39, 0.29) is 6.15 Å². The van der Waals surface area contributed by atoms with Crippen LogP contribution < -0.4 is 4.74 Å². The molecule has 4 nitrogen and oxygen atoms in total. The molecule has 1 aromatic carbocycles. The van der Waals surface area contributed by atoms with Gasteiger partial charge < -0.3 is 9.72 Å². The van der Waals surface area contributed by atoms with E-state index in [9.17, 15) is 0 Å². The molecule has 1 aliphatic carbocycles. The zero-order chi connectivity index (χ0) is 13.5. The fourth-order valence-corrected chi connectivity index (χ4v) is 2.48. The maximum atomic E-state index is 8.12. The first-order valence-corrected chi connectivity index (χ1v) is 6.56. The van der Waals surface area contributed by atoms with Crippen LogP contribution in [0.15, 0.2) is 30.5 Å². The molecule has 0 spiro atoms. The number of fused-ring (bicyclic) bond motifs is 1. The summed E-state index contributed by atoms with van der Waals surface area (Å²) in [6, 6.07) is 8.37. The van der Waals surface area contributed by atoms with Crippen LogP contribution >= 0.6 is 0 Å². The summed E-state index contributed by atoms with van der Waals surface area (Å²) in [5, 5.41) is 1.23. The third-order valence-corrected chi connectivity index (χ3v) is 3.38. The maximum absolute atomic E-state index is 8.12. The Morgan fingerprint density at radius 1 is 1.11 bits per heavy atom. The summed E-state index contributed by atoms with van der Waals surface area (Å²) in [5.74, 6) is 1.01. The van der Waals surface area contributed by atoms with E-state index in [1.54, 1.807) is 0 Å². The molecule has 1 fully saturated rings. The van der Waals surface area contributed by atoms with Crippen LogP contribution in [0.2, 0.25) is 0 Å². The number of rotatable bonds is 2. The molecular weight excluding hydrogens is 242 g/mol. The Balaban J connectivity index is 0.000000408. The summed E-state index contributed by atoms with van der Waals surface area (Å²) in [6.07, 6.45) is 9.08. The van der Waals surface area contributed by atoms with Crippen LogP contribution in [0.5, 0.6) is 5.75 Å². The van der Waals surface area contributed by atoms with Crippen molar-refractivity contribution in [2.75, 3.05) is 0 Å². The number of hydrogen-bond acceptors (Lipinski definition) is 3. The fourth-order valence-electron chi connectivity index (χ4n) is 2.48. The number of benzene rings is 1. The van der Waals surface area contributed by atoms with Crippen molar-refractivity contribution in [1.29, 1.82) is 0 Å². The van der Waals surface area contributed by atoms with Crippen LogP contribution in [0.1, 0.15) is 32.1 Å². The van der Waals surface area contributed by atoms with Crippen molar-refractivity contribution in [3.05, 3.63) is 30.5 Å². The zero-order valence-electron chi connectivity index (χ0n) is 10.7. The minimum Gasteiger partial charge on any atom is -0.490 e. The van der Waals surface area contributed by atoms with Crippen LogP contribution in [-0.2, 0) is 9.59 Å². The van der Waals surface area contributed by atoms with Gasteiger partial charge >= 0.3 is 6.15 Å². The highest BCUT2D eigenvalue weighted by Gasteiger charge is 2.14. The van der Waals surface area contributed by atoms with Gasteiger partial charge in [0.1, 0.15) is 5.75 Å². The van der Waals surface area contributed by atoms with Gasteiger partial charge in [-0.15, -0.1) is 0 Å². The van der Waals surface area contributed by atoms with Gasteiger partial charge in [0.05, 0.1) is 6.10 Å². The first-order chi connectivity index (χ1) is 9.33. The molecule has 1 aliphatic rings. The number of ether oxygens (including phenoxy) is 1. The quantitative estimate of drug-likeness (QED) is 0.900. The summed E-state index contributed by atoms with van der Waals surface area (Å²) in [4.78, 5) is 19.4. The molecule has 2 aromatic rings. The van der Waals surface area contributed by atoms with Gasteiger partial charge in [-0.1, -0.05) is 6.42 Å². The predicted molar refractivity (Wildman–Crippen MR) is 70.8 cm³/mol. The third-order valence-electron chi connectivity index (χ3n) is 3.38. The topological polar surface area (TPSA) is 59.2 Å². The lowest BCUT2D eigenvalue weighted by Gasteiger charge is -2.22. The predicted octanol–water partition coefficient (Wildman–Crippen LogP) is 3.30. The second-order valence-electron chi connectivity index (χ2n) is 4.69. The minimum absolute atomic E-state index is 0.250. The average molecular weight is 259 g/mol. The zero-order valence-corrected chi connectivity index (χ0v) is 10.7. The lowest BCUT2D eigenvalue weighted by Crippen LogP contribution is -2.19. The van der Waals surface area contributed by atoms with Gasteiger partial charge in [0.2, 0.25) is 0 Å². The lowest BCUT2D eigenvalue weighted by atomic mass is 9.98. The van der Waals surface area contributed by atoms with E-state index in [4.69, 9.17) is 14.3 Å². The van der Waals surface area contributed by atoms with Crippen molar-refractivity contribution >= 4 is 17.1 Å². The lowest BCUT2D eigenvalue weighted by molar-refractivity contribution is -0.191. The molecule has 1 N–H and O–H groups in total. The Labute approximate surface area is 111 Å². The first kappa shape index (κ1) is 13.4. The molecular formula is C15H17NO3. The standard InChI is InChI=1S/C14H17NO.CO2/c1-2-4-12(5-3-1)16-13-6-7-14-11(10-13)8-9-15-14;2-1-3/h6-10,12,15H,1-5H2;. The van der Waals surface area contributed by atoms with Crippen molar-refractivity contribution in [2.24, 2.45) is 0 Å².